The van der Waals surface area contributed by atoms with E-state index in [0.29, 0.717) is 12.0 Å². The summed E-state index contributed by atoms with van der Waals surface area (Å²) in [5.41, 5.74) is 5.06. The lowest BCUT2D eigenvalue weighted by molar-refractivity contribution is 0.312. The fraction of sp³-hybridized carbons (Fsp3) is 0.455. The van der Waals surface area contributed by atoms with Crippen LogP contribution in [0.4, 0.5) is 5.69 Å². The molecule has 138 valence electrons. The van der Waals surface area contributed by atoms with Crippen LogP contribution in [0.25, 0.3) is 0 Å². The molecule has 0 atom stereocenters. The third-order valence-corrected chi connectivity index (χ3v) is 5.61. The molecule has 0 bridgehead atoms. The van der Waals surface area contributed by atoms with Crippen LogP contribution in [0.2, 0.25) is 0 Å². The zero-order valence-electron chi connectivity index (χ0n) is 16.0. The van der Waals surface area contributed by atoms with E-state index in [0.717, 1.165) is 17.3 Å². The number of anilines is 1. The summed E-state index contributed by atoms with van der Waals surface area (Å²) >= 11 is 5.88. The summed E-state index contributed by atoms with van der Waals surface area (Å²) in [5, 5.41) is 4.41. The lowest BCUT2D eigenvalue weighted by Crippen LogP contribution is -2.41. The van der Waals surface area contributed by atoms with Crippen LogP contribution in [0, 0.1) is 6.92 Å². The molecule has 1 N–H and O–H groups in total. The predicted octanol–water partition coefficient (Wildman–Crippen LogP) is 5.66. The molecule has 1 aliphatic rings. The molecular formula is C22H29N3S. The van der Waals surface area contributed by atoms with Gasteiger partial charge in [0.1, 0.15) is 0 Å². The monoisotopic (exact) mass is 367 g/mol. The van der Waals surface area contributed by atoms with Crippen molar-refractivity contribution >= 4 is 23.0 Å². The smallest absolute Gasteiger partial charge is 0.173 e. The molecule has 0 spiro atoms. The molecule has 0 aliphatic heterocycles. The van der Waals surface area contributed by atoms with Crippen molar-refractivity contribution in [3.05, 3.63) is 59.4 Å². The number of nitrogens with one attached hydrogen (secondary N) is 1. The van der Waals surface area contributed by atoms with E-state index in [4.69, 9.17) is 12.2 Å². The molecule has 0 saturated heterocycles. The van der Waals surface area contributed by atoms with Crippen LogP contribution in [0.5, 0.6) is 0 Å². The zero-order valence-corrected chi connectivity index (χ0v) is 16.9. The molecule has 1 aromatic carbocycles. The van der Waals surface area contributed by atoms with Gasteiger partial charge in [0.25, 0.3) is 0 Å². The van der Waals surface area contributed by atoms with Crippen LogP contribution in [0.15, 0.2) is 42.7 Å². The number of thiocarbonyl (C=S) groups is 1. The Bertz CT molecular complexity index is 736. The number of benzene rings is 1. The topological polar surface area (TPSA) is 28.2 Å². The largest absolute Gasteiger partial charge is 0.342 e. The molecule has 0 unspecified atom stereocenters. The van der Waals surface area contributed by atoms with Crippen LogP contribution in [-0.2, 0) is 6.54 Å². The Morgan fingerprint density at radius 1 is 1.19 bits per heavy atom. The lowest BCUT2D eigenvalue weighted by atomic mass is 9.96. The van der Waals surface area contributed by atoms with E-state index in [1.807, 2.05) is 12.4 Å². The average Bonchev–Trinajstić information content (AvgIpc) is 3.14. The first-order valence-corrected chi connectivity index (χ1v) is 10.0. The van der Waals surface area contributed by atoms with Crippen LogP contribution in [0.1, 0.15) is 62.1 Å². The first-order valence-electron chi connectivity index (χ1n) is 9.62. The second-order valence-electron chi connectivity index (χ2n) is 7.54. The van der Waals surface area contributed by atoms with Crippen LogP contribution >= 0.6 is 12.2 Å². The Kier molecular flexibility index (Phi) is 6.25. The summed E-state index contributed by atoms with van der Waals surface area (Å²) in [4.78, 5) is 6.52. The third-order valence-electron chi connectivity index (χ3n) is 5.27. The molecule has 1 aliphatic carbocycles. The highest BCUT2D eigenvalue weighted by molar-refractivity contribution is 7.80. The first kappa shape index (κ1) is 18.8. The van der Waals surface area contributed by atoms with Crippen molar-refractivity contribution in [2.24, 2.45) is 0 Å². The summed E-state index contributed by atoms with van der Waals surface area (Å²) in [6.45, 7) is 7.49. The summed E-state index contributed by atoms with van der Waals surface area (Å²) in [7, 11) is 0. The Morgan fingerprint density at radius 3 is 2.54 bits per heavy atom. The van der Waals surface area contributed by atoms with Gasteiger partial charge in [-0.2, -0.15) is 0 Å². The van der Waals surface area contributed by atoms with Gasteiger partial charge in [-0.05, 0) is 72.8 Å². The van der Waals surface area contributed by atoms with E-state index in [1.54, 1.807) is 0 Å². The fourth-order valence-corrected chi connectivity index (χ4v) is 4.33. The van der Waals surface area contributed by atoms with Crippen molar-refractivity contribution in [1.82, 2.24) is 9.88 Å². The number of rotatable bonds is 5. The van der Waals surface area contributed by atoms with Gasteiger partial charge in [-0.25, -0.2) is 0 Å². The van der Waals surface area contributed by atoms with E-state index < -0.39 is 0 Å². The van der Waals surface area contributed by atoms with Crippen molar-refractivity contribution in [1.29, 1.82) is 0 Å². The number of aromatic nitrogens is 1. The quantitative estimate of drug-likeness (QED) is 0.691. The Hall–Kier alpha value is -1.94. The Balaban J connectivity index is 1.83. The number of aryl methyl sites for hydroxylation is 1. The van der Waals surface area contributed by atoms with Gasteiger partial charge >= 0.3 is 0 Å². The SMILES string of the molecule is Cc1cccc(NC(=S)N(Cc2ccncc2)C2CCCC2)c1C(C)C. The van der Waals surface area contributed by atoms with E-state index in [1.165, 1.54) is 42.4 Å². The first-order chi connectivity index (χ1) is 12.6. The van der Waals surface area contributed by atoms with E-state index in [2.05, 4.69) is 66.3 Å². The van der Waals surface area contributed by atoms with E-state index >= 15 is 0 Å². The molecule has 0 radical (unpaired) electrons. The third kappa shape index (κ3) is 4.42. The zero-order chi connectivity index (χ0) is 18.5. The average molecular weight is 368 g/mol. The van der Waals surface area contributed by atoms with Crippen molar-refractivity contribution in [3.8, 4) is 0 Å². The second kappa shape index (κ2) is 8.63. The summed E-state index contributed by atoms with van der Waals surface area (Å²) < 4.78 is 0. The van der Waals surface area contributed by atoms with Gasteiger partial charge in [-0.3, -0.25) is 4.98 Å². The summed E-state index contributed by atoms with van der Waals surface area (Å²) in [6.07, 6.45) is 8.74. The molecule has 3 rings (SSSR count). The minimum atomic E-state index is 0.460. The Morgan fingerprint density at radius 2 is 1.88 bits per heavy atom. The maximum atomic E-state index is 5.88. The van der Waals surface area contributed by atoms with Gasteiger partial charge in [0.05, 0.1) is 0 Å². The van der Waals surface area contributed by atoms with Crippen molar-refractivity contribution < 1.29 is 0 Å². The van der Waals surface area contributed by atoms with Crippen molar-refractivity contribution in [2.75, 3.05) is 5.32 Å². The molecule has 2 aromatic rings. The van der Waals surface area contributed by atoms with Crippen LogP contribution in [-0.4, -0.2) is 21.0 Å². The molecule has 1 saturated carbocycles. The molecule has 3 nitrogen and oxygen atoms in total. The standard InChI is InChI=1S/C22H29N3S/c1-16(2)21-17(3)7-6-10-20(21)24-22(26)25(19-8-4-5-9-19)15-18-11-13-23-14-12-18/h6-7,10-14,16,19H,4-5,8-9,15H2,1-3H3,(H,24,26). The maximum Gasteiger partial charge on any atom is 0.173 e. The fourth-order valence-electron chi connectivity index (χ4n) is 4.01. The van der Waals surface area contributed by atoms with Gasteiger partial charge in [-0.1, -0.05) is 38.8 Å². The lowest BCUT2D eigenvalue weighted by Gasteiger charge is -2.32. The molecule has 1 aromatic heterocycles. The number of hydrogen-bond donors (Lipinski definition) is 1. The molecule has 26 heavy (non-hydrogen) atoms. The van der Waals surface area contributed by atoms with Crippen LogP contribution < -0.4 is 5.32 Å². The molecule has 4 heteroatoms. The van der Waals surface area contributed by atoms with Gasteiger partial charge in [-0.15, -0.1) is 0 Å². The van der Waals surface area contributed by atoms with E-state index in [-0.39, 0.29) is 0 Å². The molecule has 1 fully saturated rings. The highest BCUT2D eigenvalue weighted by atomic mass is 32.1. The number of pyridine rings is 1. The Labute approximate surface area is 162 Å². The minimum Gasteiger partial charge on any atom is -0.342 e. The predicted molar refractivity (Wildman–Crippen MR) is 114 cm³/mol. The van der Waals surface area contributed by atoms with Crippen LogP contribution in [0.3, 0.4) is 0 Å². The molecule has 1 heterocycles. The minimum absolute atomic E-state index is 0.460. The van der Waals surface area contributed by atoms with Crippen molar-refractivity contribution in [2.45, 2.75) is 65.0 Å². The maximum absolute atomic E-state index is 5.88. The van der Waals surface area contributed by atoms with E-state index in [9.17, 15) is 0 Å². The van der Waals surface area contributed by atoms with Crippen molar-refractivity contribution in [3.63, 3.8) is 0 Å². The summed E-state index contributed by atoms with van der Waals surface area (Å²) in [5.74, 6) is 0.460. The summed E-state index contributed by atoms with van der Waals surface area (Å²) in [6, 6.07) is 11.1. The highest BCUT2D eigenvalue weighted by Crippen LogP contribution is 2.30. The highest BCUT2D eigenvalue weighted by Gasteiger charge is 2.25. The number of nitrogens with zero attached hydrogens (tertiary/aromatic N) is 2. The number of hydrogen-bond acceptors (Lipinski definition) is 2. The second-order valence-corrected chi connectivity index (χ2v) is 7.93. The normalized spacial score (nSPS) is 14.6. The van der Waals surface area contributed by atoms with Gasteiger partial charge in [0, 0.05) is 30.7 Å². The van der Waals surface area contributed by atoms with Gasteiger partial charge < -0.3 is 10.2 Å². The molecule has 0 amide bonds. The van der Waals surface area contributed by atoms with Gasteiger partial charge in [0.15, 0.2) is 5.11 Å². The van der Waals surface area contributed by atoms with Gasteiger partial charge in [0.2, 0.25) is 0 Å². The molecular weight excluding hydrogens is 338 g/mol.